The number of aromatic amines is 1. The molecule has 0 aliphatic heterocycles. The van der Waals surface area contributed by atoms with Crippen molar-refractivity contribution in [1.29, 1.82) is 0 Å². The maximum absolute atomic E-state index is 4.21. The molecule has 1 nitrogen and oxygen atoms in total. The first-order chi connectivity index (χ1) is 22.4. The lowest BCUT2D eigenvalue weighted by Crippen LogP contribution is -1.89. The molecule has 3 aromatic carbocycles. The molecule has 1 N–H and O–H groups in total. The molecule has 0 amide bonds. The number of aryl methyl sites for hydroxylation is 1. The largest absolute Gasteiger partial charge is 0.355 e. The molecule has 0 saturated heterocycles. The molecule has 46 heavy (non-hydrogen) atoms. The third kappa shape index (κ3) is 5.16. The Labute approximate surface area is 280 Å². The van der Waals surface area contributed by atoms with Crippen LogP contribution < -0.4 is 0 Å². The van der Waals surface area contributed by atoms with E-state index in [4.69, 9.17) is 0 Å². The molecule has 0 fully saturated rings. The van der Waals surface area contributed by atoms with Gasteiger partial charge in [-0.25, -0.2) is 0 Å². The van der Waals surface area contributed by atoms with Gasteiger partial charge in [0.15, 0.2) is 0 Å². The summed E-state index contributed by atoms with van der Waals surface area (Å²) in [7, 11) is 0. The van der Waals surface area contributed by atoms with Crippen LogP contribution in [-0.2, 0) is 0 Å². The first-order valence-electron chi connectivity index (χ1n) is 15.6. The van der Waals surface area contributed by atoms with Crippen molar-refractivity contribution in [3.05, 3.63) is 139 Å². The molecule has 0 radical (unpaired) electrons. The summed E-state index contributed by atoms with van der Waals surface area (Å²) in [5.41, 5.74) is 17.3. The van der Waals surface area contributed by atoms with Gasteiger partial charge in [-0.1, -0.05) is 74.2 Å². The van der Waals surface area contributed by atoms with Crippen molar-refractivity contribution in [2.45, 2.75) is 41.0 Å². The summed E-state index contributed by atoms with van der Waals surface area (Å²) in [6, 6.07) is 20.3. The van der Waals surface area contributed by atoms with E-state index in [0.717, 1.165) is 23.0 Å². The minimum Gasteiger partial charge on any atom is -0.355 e. The van der Waals surface area contributed by atoms with Crippen molar-refractivity contribution in [1.82, 2.24) is 4.98 Å². The molecule has 0 atom stereocenters. The molecule has 6 aromatic rings. The molecule has 0 spiro atoms. The third-order valence-corrected chi connectivity index (χ3v) is 11.7. The highest BCUT2D eigenvalue weighted by atomic mass is 32.1. The third-order valence-electron chi connectivity index (χ3n) is 8.80. The van der Waals surface area contributed by atoms with E-state index >= 15 is 0 Å². The normalized spacial score (nSPS) is 13.1. The average Bonchev–Trinajstić information content (AvgIpc) is 3.69. The highest BCUT2D eigenvalue weighted by molar-refractivity contribution is 7.20. The van der Waals surface area contributed by atoms with E-state index < -0.39 is 0 Å². The van der Waals surface area contributed by atoms with Gasteiger partial charge in [0.25, 0.3) is 0 Å². The molecule has 0 bridgehead atoms. The van der Waals surface area contributed by atoms with Gasteiger partial charge in [0.2, 0.25) is 0 Å². The molecule has 1 aliphatic rings. The second-order valence-corrected chi connectivity index (χ2v) is 13.5. The first-order valence-corrected chi connectivity index (χ1v) is 17.2. The quantitative estimate of drug-likeness (QED) is 0.139. The van der Waals surface area contributed by atoms with Crippen molar-refractivity contribution >= 4 is 83.4 Å². The van der Waals surface area contributed by atoms with E-state index in [1.54, 1.807) is 0 Å². The van der Waals surface area contributed by atoms with Gasteiger partial charge < -0.3 is 4.98 Å². The van der Waals surface area contributed by atoms with Crippen LogP contribution in [0.25, 0.3) is 60.8 Å². The second-order valence-electron chi connectivity index (χ2n) is 11.5. The number of rotatable bonds is 6. The topological polar surface area (TPSA) is 15.8 Å². The summed E-state index contributed by atoms with van der Waals surface area (Å²) in [5.74, 6) is 0. The zero-order chi connectivity index (χ0) is 32.5. The Balaban J connectivity index is 0.00000182. The van der Waals surface area contributed by atoms with Gasteiger partial charge in [-0.2, -0.15) is 0 Å². The van der Waals surface area contributed by atoms with Gasteiger partial charge in [0, 0.05) is 52.8 Å². The highest BCUT2D eigenvalue weighted by Gasteiger charge is 2.20. The first kappa shape index (κ1) is 31.2. The van der Waals surface area contributed by atoms with Crippen molar-refractivity contribution in [3.63, 3.8) is 0 Å². The molecular weight excluding hydrogens is 595 g/mol. The molecule has 3 aromatic heterocycles. The van der Waals surface area contributed by atoms with Gasteiger partial charge in [0.1, 0.15) is 0 Å². The molecular formula is C43H37NS2. The van der Waals surface area contributed by atoms with Gasteiger partial charge in [0.05, 0.1) is 4.88 Å². The zero-order valence-electron chi connectivity index (χ0n) is 27.0. The Bertz CT molecular complexity index is 2350. The molecule has 0 unspecified atom stereocenters. The predicted octanol–water partition coefficient (Wildman–Crippen LogP) is 13.0. The Hall–Kier alpha value is -4.84. The maximum atomic E-state index is 4.21. The van der Waals surface area contributed by atoms with Crippen LogP contribution in [0.4, 0.5) is 0 Å². The fourth-order valence-electron chi connectivity index (χ4n) is 6.43. The predicted molar refractivity (Wildman–Crippen MR) is 208 cm³/mol. The van der Waals surface area contributed by atoms with Crippen LogP contribution in [-0.4, -0.2) is 4.98 Å². The van der Waals surface area contributed by atoms with Crippen LogP contribution in [0.15, 0.2) is 91.2 Å². The summed E-state index contributed by atoms with van der Waals surface area (Å²) in [5, 5.41) is 3.79. The summed E-state index contributed by atoms with van der Waals surface area (Å²) < 4.78 is 1.35. The number of hydrogen-bond acceptors (Lipinski definition) is 2. The van der Waals surface area contributed by atoms with Crippen LogP contribution in [0, 0.1) is 26.7 Å². The number of allylic oxidation sites excluding steroid dienone is 5. The molecule has 226 valence electrons. The SMILES string of the molecule is C#C.C=Cc1c(/C(=C\CC)c2ccc3[nH]c4ccc(C5=C=CC=Cc6c5sc5c(C)cccc65)cc4c3c2)sc(/C(C)=C\C)c1C. The van der Waals surface area contributed by atoms with Crippen molar-refractivity contribution in [2.24, 2.45) is 0 Å². The van der Waals surface area contributed by atoms with Gasteiger partial charge in [-0.15, -0.1) is 41.3 Å². The van der Waals surface area contributed by atoms with E-state index in [1.807, 2.05) is 34.8 Å². The van der Waals surface area contributed by atoms with Crippen LogP contribution in [0.2, 0.25) is 0 Å². The van der Waals surface area contributed by atoms with Crippen LogP contribution in [0.5, 0.6) is 0 Å². The van der Waals surface area contributed by atoms with E-state index in [0.29, 0.717) is 0 Å². The number of aromatic nitrogens is 1. The van der Waals surface area contributed by atoms with Crippen LogP contribution >= 0.6 is 22.7 Å². The maximum Gasteiger partial charge on any atom is 0.0511 e. The molecule has 7 rings (SSSR count). The summed E-state index contributed by atoms with van der Waals surface area (Å²) >= 11 is 3.76. The van der Waals surface area contributed by atoms with Crippen molar-refractivity contribution in [3.8, 4) is 12.8 Å². The van der Waals surface area contributed by atoms with Crippen molar-refractivity contribution < 1.29 is 0 Å². The second kappa shape index (κ2) is 12.9. The van der Waals surface area contributed by atoms with E-state index in [9.17, 15) is 0 Å². The smallest absolute Gasteiger partial charge is 0.0511 e. The minimum absolute atomic E-state index is 0.961. The Morgan fingerprint density at radius 2 is 1.72 bits per heavy atom. The monoisotopic (exact) mass is 631 g/mol. The summed E-state index contributed by atoms with van der Waals surface area (Å²) in [6.45, 7) is 15.2. The number of H-pyrrole nitrogens is 1. The fraction of sp³-hybridized carbons (Fsp3) is 0.140. The van der Waals surface area contributed by atoms with Crippen LogP contribution in [0.1, 0.15) is 75.2 Å². The number of thiophene rings is 2. The van der Waals surface area contributed by atoms with E-state index in [-0.39, 0.29) is 0 Å². The number of fused-ring (bicyclic) bond motifs is 6. The van der Waals surface area contributed by atoms with Gasteiger partial charge >= 0.3 is 0 Å². The average molecular weight is 632 g/mol. The Morgan fingerprint density at radius 1 is 0.957 bits per heavy atom. The zero-order valence-corrected chi connectivity index (χ0v) is 28.7. The molecule has 0 saturated carbocycles. The number of hydrogen-bond donors (Lipinski definition) is 1. The van der Waals surface area contributed by atoms with E-state index in [1.165, 1.54) is 80.0 Å². The minimum atomic E-state index is 0.961. The molecule has 3 heterocycles. The Kier molecular flexibility index (Phi) is 8.72. The van der Waals surface area contributed by atoms with Crippen molar-refractivity contribution in [2.75, 3.05) is 0 Å². The standard InChI is InChI=1S/C41H35NS2.C2H2/c1-7-13-30(40-29(9-3)26(6)38(43-40)24(4)8-2)27-18-20-36-34(22-27)35-23-28(19-21-37(35)42-36)31-15-10-11-16-33-32-17-12-14-25(5)39(32)44-41(31)33;1-2/h8-14,16-23,42H,3,7H2,1-2,4-6H3;1-2H/b24-8-,30-13-;. The Morgan fingerprint density at radius 3 is 2.46 bits per heavy atom. The highest BCUT2D eigenvalue weighted by Crippen LogP contribution is 2.44. The van der Waals surface area contributed by atoms with E-state index in [2.05, 4.69) is 144 Å². The summed E-state index contributed by atoms with van der Waals surface area (Å²) in [4.78, 5) is 7.59. The molecule has 3 heteroatoms. The lowest BCUT2D eigenvalue weighted by Gasteiger charge is -2.09. The van der Waals surface area contributed by atoms with Gasteiger partial charge in [-0.05, 0) is 103 Å². The lowest BCUT2D eigenvalue weighted by molar-refractivity contribution is 1.23. The number of benzene rings is 3. The molecule has 1 aliphatic carbocycles. The lowest BCUT2D eigenvalue weighted by atomic mass is 9.95. The number of terminal acetylenes is 1. The van der Waals surface area contributed by atoms with Crippen LogP contribution in [0.3, 0.4) is 0 Å². The summed E-state index contributed by atoms with van der Waals surface area (Å²) in [6.07, 6.45) is 22.0. The fourth-order valence-corrected chi connectivity index (χ4v) is 9.12. The number of nitrogens with one attached hydrogen (secondary N) is 1. The van der Waals surface area contributed by atoms with Gasteiger partial charge in [-0.3, -0.25) is 0 Å².